The van der Waals surface area contributed by atoms with Crippen LogP contribution in [0.3, 0.4) is 0 Å². The van der Waals surface area contributed by atoms with Crippen molar-refractivity contribution in [2.75, 3.05) is 27.4 Å². The highest BCUT2D eigenvalue weighted by Crippen LogP contribution is 2.34. The van der Waals surface area contributed by atoms with Crippen molar-refractivity contribution in [3.63, 3.8) is 0 Å². The fourth-order valence-electron chi connectivity index (χ4n) is 2.31. The van der Waals surface area contributed by atoms with Gasteiger partial charge in [-0.2, -0.15) is 0 Å². The van der Waals surface area contributed by atoms with Gasteiger partial charge in [0, 0.05) is 29.7 Å². The second kappa shape index (κ2) is 7.12. The lowest BCUT2D eigenvalue weighted by molar-refractivity contribution is 0.110. The Balaban J connectivity index is 1.99. The minimum absolute atomic E-state index is 0.347. The normalized spacial score (nSPS) is 18.6. The van der Waals surface area contributed by atoms with Gasteiger partial charge in [0.25, 0.3) is 0 Å². The summed E-state index contributed by atoms with van der Waals surface area (Å²) in [6.45, 7) is 2.50. The third-order valence-electron chi connectivity index (χ3n) is 3.23. The van der Waals surface area contributed by atoms with E-state index in [-0.39, 0.29) is 0 Å². The summed E-state index contributed by atoms with van der Waals surface area (Å²) >= 11 is 3.49. The van der Waals surface area contributed by atoms with Crippen LogP contribution in [0.5, 0.6) is 11.5 Å². The van der Waals surface area contributed by atoms with Crippen molar-refractivity contribution >= 4 is 15.9 Å². The number of methoxy groups -OCH3 is 2. The summed E-state index contributed by atoms with van der Waals surface area (Å²) in [5, 5.41) is 3.42. The van der Waals surface area contributed by atoms with E-state index < -0.39 is 0 Å². The molecule has 0 amide bonds. The van der Waals surface area contributed by atoms with Gasteiger partial charge in [-0.15, -0.1) is 0 Å². The van der Waals surface area contributed by atoms with E-state index in [1.807, 2.05) is 12.1 Å². The maximum Gasteiger partial charge on any atom is 0.165 e. The van der Waals surface area contributed by atoms with Crippen molar-refractivity contribution in [3.05, 3.63) is 22.2 Å². The van der Waals surface area contributed by atoms with Gasteiger partial charge in [-0.05, 0) is 25.0 Å². The molecule has 5 heteroatoms. The molecule has 1 atom stereocenters. The standard InChI is InChI=1S/C14H20BrNO3/c1-17-13-7-11(15)6-10(14(13)18-2)8-16-9-12-4-3-5-19-12/h6-7,12,16H,3-5,8-9H2,1-2H3/t12-/m0/s1. The lowest BCUT2D eigenvalue weighted by Gasteiger charge is -2.15. The molecular weight excluding hydrogens is 310 g/mol. The molecule has 1 aliphatic rings. The molecule has 1 fully saturated rings. The fraction of sp³-hybridized carbons (Fsp3) is 0.571. The van der Waals surface area contributed by atoms with Crippen molar-refractivity contribution in [3.8, 4) is 11.5 Å². The van der Waals surface area contributed by atoms with Gasteiger partial charge in [0.15, 0.2) is 11.5 Å². The average Bonchev–Trinajstić information content (AvgIpc) is 2.91. The summed E-state index contributed by atoms with van der Waals surface area (Å²) in [6, 6.07) is 3.95. The molecule has 0 unspecified atom stereocenters. The molecule has 0 spiro atoms. The molecule has 0 saturated carbocycles. The van der Waals surface area contributed by atoms with Gasteiger partial charge in [0.05, 0.1) is 20.3 Å². The van der Waals surface area contributed by atoms with E-state index in [0.29, 0.717) is 6.10 Å². The molecule has 0 aromatic heterocycles. The lowest BCUT2D eigenvalue weighted by atomic mass is 10.1. The van der Waals surface area contributed by atoms with Gasteiger partial charge in [0.1, 0.15) is 0 Å². The van der Waals surface area contributed by atoms with Crippen molar-refractivity contribution in [1.29, 1.82) is 0 Å². The van der Waals surface area contributed by atoms with Gasteiger partial charge in [0.2, 0.25) is 0 Å². The van der Waals surface area contributed by atoms with Crippen molar-refractivity contribution in [2.24, 2.45) is 0 Å². The molecule has 1 saturated heterocycles. The van der Waals surface area contributed by atoms with Crippen LogP contribution in [0.25, 0.3) is 0 Å². The highest BCUT2D eigenvalue weighted by atomic mass is 79.9. The Morgan fingerprint density at radius 2 is 2.21 bits per heavy atom. The van der Waals surface area contributed by atoms with Crippen LogP contribution in [0, 0.1) is 0 Å². The van der Waals surface area contributed by atoms with Gasteiger partial charge in [-0.3, -0.25) is 0 Å². The van der Waals surface area contributed by atoms with Crippen molar-refractivity contribution in [1.82, 2.24) is 5.32 Å². The molecule has 0 radical (unpaired) electrons. The molecule has 1 N–H and O–H groups in total. The zero-order chi connectivity index (χ0) is 13.7. The molecule has 4 nitrogen and oxygen atoms in total. The fourth-order valence-corrected chi connectivity index (χ4v) is 2.79. The molecule has 2 rings (SSSR count). The highest BCUT2D eigenvalue weighted by Gasteiger charge is 2.16. The second-order valence-electron chi connectivity index (χ2n) is 4.57. The van der Waals surface area contributed by atoms with Gasteiger partial charge < -0.3 is 19.5 Å². The van der Waals surface area contributed by atoms with Gasteiger partial charge in [-0.25, -0.2) is 0 Å². The minimum atomic E-state index is 0.347. The summed E-state index contributed by atoms with van der Waals surface area (Å²) in [5.74, 6) is 1.52. The maximum absolute atomic E-state index is 5.59. The highest BCUT2D eigenvalue weighted by molar-refractivity contribution is 9.10. The van der Waals surface area contributed by atoms with E-state index >= 15 is 0 Å². The summed E-state index contributed by atoms with van der Waals surface area (Å²) < 4.78 is 17.3. The number of hydrogen-bond donors (Lipinski definition) is 1. The topological polar surface area (TPSA) is 39.7 Å². The first-order valence-electron chi connectivity index (χ1n) is 6.47. The van der Waals surface area contributed by atoms with Crippen LogP contribution in [0.4, 0.5) is 0 Å². The predicted octanol–water partition coefficient (Wildman–Crippen LogP) is 2.73. The van der Waals surface area contributed by atoms with Crippen LogP contribution in [-0.2, 0) is 11.3 Å². The van der Waals surface area contributed by atoms with Crippen LogP contribution in [0.1, 0.15) is 18.4 Å². The van der Waals surface area contributed by atoms with Crippen LogP contribution < -0.4 is 14.8 Å². The first-order valence-corrected chi connectivity index (χ1v) is 7.26. The quantitative estimate of drug-likeness (QED) is 0.871. The number of ether oxygens (including phenoxy) is 3. The summed E-state index contributed by atoms with van der Waals surface area (Å²) in [4.78, 5) is 0. The molecule has 19 heavy (non-hydrogen) atoms. The molecule has 1 aromatic rings. The molecule has 1 aliphatic heterocycles. The van der Waals surface area contributed by atoms with E-state index in [9.17, 15) is 0 Å². The monoisotopic (exact) mass is 329 g/mol. The van der Waals surface area contributed by atoms with Crippen molar-refractivity contribution in [2.45, 2.75) is 25.5 Å². The molecule has 106 valence electrons. The lowest BCUT2D eigenvalue weighted by Crippen LogP contribution is -2.26. The Morgan fingerprint density at radius 1 is 1.37 bits per heavy atom. The zero-order valence-corrected chi connectivity index (χ0v) is 13.0. The SMILES string of the molecule is COc1cc(Br)cc(CNC[C@@H]2CCCO2)c1OC. The molecule has 1 heterocycles. The van der Waals surface area contributed by atoms with Gasteiger partial charge >= 0.3 is 0 Å². The Hall–Kier alpha value is -0.780. The minimum Gasteiger partial charge on any atom is -0.493 e. The van der Waals surface area contributed by atoms with Crippen LogP contribution in [0.15, 0.2) is 16.6 Å². The first kappa shape index (κ1) is 14.6. The maximum atomic E-state index is 5.59. The second-order valence-corrected chi connectivity index (χ2v) is 5.48. The van der Waals surface area contributed by atoms with Gasteiger partial charge in [-0.1, -0.05) is 15.9 Å². The van der Waals surface area contributed by atoms with Crippen LogP contribution in [0.2, 0.25) is 0 Å². The van der Waals surface area contributed by atoms with E-state index in [0.717, 1.165) is 47.7 Å². The Bertz CT molecular complexity index is 419. The Labute approximate surface area is 122 Å². The predicted molar refractivity (Wildman–Crippen MR) is 77.9 cm³/mol. The van der Waals surface area contributed by atoms with Crippen LogP contribution in [-0.4, -0.2) is 33.5 Å². The molecular formula is C14H20BrNO3. The van der Waals surface area contributed by atoms with E-state index in [2.05, 4.69) is 21.2 Å². The van der Waals surface area contributed by atoms with E-state index in [1.165, 1.54) is 6.42 Å². The summed E-state index contributed by atoms with van der Waals surface area (Å²) in [7, 11) is 3.31. The smallest absolute Gasteiger partial charge is 0.165 e. The number of halogens is 1. The average molecular weight is 330 g/mol. The third-order valence-corrected chi connectivity index (χ3v) is 3.69. The molecule has 1 aromatic carbocycles. The zero-order valence-electron chi connectivity index (χ0n) is 11.4. The Kier molecular flexibility index (Phi) is 5.48. The number of nitrogens with one attached hydrogen (secondary N) is 1. The molecule has 0 bridgehead atoms. The molecule has 0 aliphatic carbocycles. The first-order chi connectivity index (χ1) is 9.24. The van der Waals surface area contributed by atoms with Crippen LogP contribution >= 0.6 is 15.9 Å². The van der Waals surface area contributed by atoms with E-state index in [1.54, 1.807) is 14.2 Å². The van der Waals surface area contributed by atoms with Crippen molar-refractivity contribution < 1.29 is 14.2 Å². The number of rotatable bonds is 6. The Morgan fingerprint density at radius 3 is 2.84 bits per heavy atom. The number of benzene rings is 1. The summed E-state index contributed by atoms with van der Waals surface area (Å²) in [5.41, 5.74) is 1.08. The number of hydrogen-bond acceptors (Lipinski definition) is 4. The largest absolute Gasteiger partial charge is 0.493 e. The third kappa shape index (κ3) is 3.84. The van der Waals surface area contributed by atoms with E-state index in [4.69, 9.17) is 14.2 Å². The summed E-state index contributed by atoms with van der Waals surface area (Å²) in [6.07, 6.45) is 2.66.